The van der Waals surface area contributed by atoms with Gasteiger partial charge < -0.3 is 23.7 Å². The maximum Gasteiger partial charge on any atom is 0.167 e. The van der Waals surface area contributed by atoms with E-state index in [0.29, 0.717) is 0 Å². The first kappa shape index (κ1) is 31.6. The standard InChI is InChI=1S/C27H46N6O6/c1-10-19-12(3)13(4)22(31-33-29)27(36-19)38-24-14(5)15(6)26(39-25(24)17(8)34)37-23-16(7)21(30-32-28)18(9)35-20(23)11-2/h12-16,18-27H,10-11H2,1-9H3/t12-,13+,14-,15?,16-,18?,19?,20?,21?,22?,23-,24-,25?,26-,27+/m1/s1. The van der Waals surface area contributed by atoms with Gasteiger partial charge in [-0.3, -0.25) is 4.79 Å². The second kappa shape index (κ2) is 13.6. The molecule has 0 aromatic heterocycles. The first-order chi connectivity index (χ1) is 18.5. The van der Waals surface area contributed by atoms with Crippen LogP contribution in [0.4, 0.5) is 0 Å². The van der Waals surface area contributed by atoms with Crippen molar-refractivity contribution in [1.29, 1.82) is 0 Å². The highest BCUT2D eigenvalue weighted by atomic mass is 16.7. The first-order valence-corrected chi connectivity index (χ1v) is 14.4. The molecule has 0 aliphatic carbocycles. The van der Waals surface area contributed by atoms with Gasteiger partial charge in [-0.15, -0.1) is 0 Å². The molecule has 0 spiro atoms. The highest BCUT2D eigenvalue weighted by Gasteiger charge is 2.51. The number of azide groups is 2. The predicted octanol–water partition coefficient (Wildman–Crippen LogP) is 5.94. The SMILES string of the molecule is CCC1O[C@@H](O[C@H]2C(C(C)=O)O[C@@H](O[C@H]3C(CC)OC(C)C(N=[N+]=[N-])[C@H]3C)C(C)[C@H]2C)C(N=[N+]=[N-])[C@@H](C)[C@H]1C. The van der Waals surface area contributed by atoms with E-state index >= 15 is 0 Å². The van der Waals surface area contributed by atoms with Crippen LogP contribution in [-0.4, -0.2) is 67.1 Å². The van der Waals surface area contributed by atoms with E-state index in [4.69, 9.17) is 29.2 Å². The fourth-order valence-corrected chi connectivity index (χ4v) is 6.42. The van der Waals surface area contributed by atoms with Crippen LogP contribution >= 0.6 is 0 Å². The van der Waals surface area contributed by atoms with Gasteiger partial charge >= 0.3 is 0 Å². The Morgan fingerprint density at radius 2 is 1.31 bits per heavy atom. The lowest BCUT2D eigenvalue weighted by molar-refractivity contribution is -0.327. The highest BCUT2D eigenvalue weighted by Crippen LogP contribution is 2.41. The van der Waals surface area contributed by atoms with Gasteiger partial charge in [0.05, 0.1) is 42.6 Å². The van der Waals surface area contributed by atoms with Crippen molar-refractivity contribution >= 4 is 5.78 Å². The smallest absolute Gasteiger partial charge is 0.167 e. The third-order valence-corrected chi connectivity index (χ3v) is 9.35. The lowest BCUT2D eigenvalue weighted by atomic mass is 9.80. The van der Waals surface area contributed by atoms with E-state index in [0.717, 1.165) is 12.8 Å². The van der Waals surface area contributed by atoms with Crippen molar-refractivity contribution in [2.45, 2.75) is 136 Å². The second-order valence-corrected chi connectivity index (χ2v) is 11.7. The van der Waals surface area contributed by atoms with Gasteiger partial charge in [-0.2, -0.15) is 0 Å². The summed E-state index contributed by atoms with van der Waals surface area (Å²) in [5.41, 5.74) is 18.3. The van der Waals surface area contributed by atoms with E-state index in [2.05, 4.69) is 33.9 Å². The quantitative estimate of drug-likeness (QED) is 0.196. The normalized spacial score (nSPS) is 46.5. The Morgan fingerprint density at radius 1 is 0.718 bits per heavy atom. The molecule has 3 rings (SSSR count). The van der Waals surface area contributed by atoms with Crippen molar-refractivity contribution in [3.63, 3.8) is 0 Å². The Labute approximate surface area is 231 Å². The Hall–Kier alpha value is -1.91. The van der Waals surface area contributed by atoms with E-state index in [1.165, 1.54) is 6.92 Å². The van der Waals surface area contributed by atoms with Gasteiger partial charge in [0.1, 0.15) is 6.10 Å². The van der Waals surface area contributed by atoms with E-state index < -0.39 is 30.8 Å². The zero-order valence-corrected chi connectivity index (χ0v) is 24.7. The third-order valence-electron chi connectivity index (χ3n) is 9.35. The number of ether oxygens (including phenoxy) is 5. The minimum Gasteiger partial charge on any atom is -0.372 e. The van der Waals surface area contributed by atoms with Gasteiger partial charge in [-0.25, -0.2) is 0 Å². The predicted molar refractivity (Wildman–Crippen MR) is 144 cm³/mol. The number of hydrogen-bond donors (Lipinski definition) is 0. The molecular weight excluding hydrogens is 504 g/mol. The fourth-order valence-electron chi connectivity index (χ4n) is 6.42. The van der Waals surface area contributed by atoms with Gasteiger partial charge in [0.2, 0.25) is 0 Å². The van der Waals surface area contributed by atoms with Gasteiger partial charge in [-0.1, -0.05) is 58.7 Å². The van der Waals surface area contributed by atoms with Crippen LogP contribution in [0.2, 0.25) is 0 Å². The monoisotopic (exact) mass is 550 g/mol. The molecule has 12 heteroatoms. The van der Waals surface area contributed by atoms with E-state index in [1.54, 1.807) is 0 Å². The number of rotatable bonds is 9. The van der Waals surface area contributed by atoms with E-state index in [-0.39, 0.29) is 65.8 Å². The summed E-state index contributed by atoms with van der Waals surface area (Å²) in [6.45, 7) is 17.6. The summed E-state index contributed by atoms with van der Waals surface area (Å²) in [5, 5.41) is 7.99. The molecule has 12 nitrogen and oxygen atoms in total. The van der Waals surface area contributed by atoms with E-state index in [9.17, 15) is 10.3 Å². The second-order valence-electron chi connectivity index (χ2n) is 11.7. The Kier molecular flexibility index (Phi) is 11.1. The lowest BCUT2D eigenvalue weighted by Gasteiger charge is -2.50. The summed E-state index contributed by atoms with van der Waals surface area (Å²) in [6, 6.07) is -0.905. The minimum absolute atomic E-state index is 0.0406. The van der Waals surface area contributed by atoms with Crippen molar-refractivity contribution in [2.24, 2.45) is 39.8 Å². The zero-order chi connectivity index (χ0) is 29.0. The molecule has 15 atom stereocenters. The molecular formula is C27H46N6O6. The largest absolute Gasteiger partial charge is 0.372 e. The summed E-state index contributed by atoms with van der Waals surface area (Å²) in [6.07, 6.45) is -2.34. The van der Waals surface area contributed by atoms with Crippen molar-refractivity contribution in [2.75, 3.05) is 0 Å². The molecule has 0 saturated carbocycles. The molecule has 0 radical (unpaired) electrons. The average molecular weight is 551 g/mol. The molecule has 7 unspecified atom stereocenters. The van der Waals surface area contributed by atoms with Crippen LogP contribution in [0.5, 0.6) is 0 Å². The van der Waals surface area contributed by atoms with Crippen molar-refractivity contribution in [3.05, 3.63) is 20.9 Å². The molecule has 3 heterocycles. The molecule has 39 heavy (non-hydrogen) atoms. The fraction of sp³-hybridized carbons (Fsp3) is 0.963. The summed E-state index contributed by atoms with van der Waals surface area (Å²) >= 11 is 0. The van der Waals surface area contributed by atoms with Gasteiger partial charge in [0, 0.05) is 15.7 Å². The Balaban J connectivity index is 1.84. The third kappa shape index (κ3) is 6.54. The number of ketones is 1. The van der Waals surface area contributed by atoms with Gasteiger partial charge in [-0.05, 0) is 61.4 Å². The molecule has 0 amide bonds. The summed E-state index contributed by atoms with van der Waals surface area (Å²) in [4.78, 5) is 19.0. The van der Waals surface area contributed by atoms with Crippen LogP contribution in [0.25, 0.3) is 20.9 Å². The molecule has 220 valence electrons. The molecule has 0 aromatic rings. The summed E-state index contributed by atoms with van der Waals surface area (Å²) < 4.78 is 31.9. The molecule has 3 aliphatic heterocycles. The number of hydrogen-bond acceptors (Lipinski definition) is 8. The number of carbonyl (C=O) groups is 1. The van der Waals surface area contributed by atoms with Crippen molar-refractivity contribution in [3.8, 4) is 0 Å². The summed E-state index contributed by atoms with van der Waals surface area (Å²) in [7, 11) is 0. The first-order valence-electron chi connectivity index (χ1n) is 14.4. The van der Waals surface area contributed by atoms with Gasteiger partial charge in [0.15, 0.2) is 18.4 Å². The van der Waals surface area contributed by atoms with Crippen LogP contribution in [0.1, 0.15) is 75.2 Å². The van der Waals surface area contributed by atoms with Crippen molar-refractivity contribution < 1.29 is 28.5 Å². The van der Waals surface area contributed by atoms with Crippen LogP contribution < -0.4 is 0 Å². The maximum atomic E-state index is 12.9. The maximum absolute atomic E-state index is 12.9. The van der Waals surface area contributed by atoms with Crippen LogP contribution in [-0.2, 0) is 28.5 Å². The Morgan fingerprint density at radius 3 is 1.87 bits per heavy atom. The minimum atomic E-state index is -0.891. The molecule has 0 bridgehead atoms. The number of nitrogens with zero attached hydrogens (tertiary/aromatic N) is 6. The van der Waals surface area contributed by atoms with E-state index in [1.807, 2.05) is 41.5 Å². The lowest BCUT2D eigenvalue weighted by Crippen LogP contribution is -2.60. The molecule has 3 aliphatic rings. The topological polar surface area (TPSA) is 161 Å². The molecule has 3 saturated heterocycles. The molecule has 0 N–H and O–H groups in total. The number of Topliss-reactive ketones (excluding diaryl/α,β-unsaturated/α-hetero) is 1. The van der Waals surface area contributed by atoms with Crippen LogP contribution in [0.3, 0.4) is 0 Å². The highest BCUT2D eigenvalue weighted by molar-refractivity contribution is 5.81. The van der Waals surface area contributed by atoms with Crippen LogP contribution in [0.15, 0.2) is 10.2 Å². The molecule has 3 fully saturated rings. The summed E-state index contributed by atoms with van der Waals surface area (Å²) in [5.74, 6) is -0.354. The zero-order valence-electron chi connectivity index (χ0n) is 24.7. The van der Waals surface area contributed by atoms with Crippen LogP contribution in [0, 0.1) is 29.6 Å². The number of carbonyl (C=O) groups excluding carboxylic acids is 1. The Bertz CT molecular complexity index is 942. The molecule has 0 aromatic carbocycles. The average Bonchev–Trinajstić information content (AvgIpc) is 2.90. The van der Waals surface area contributed by atoms with Crippen molar-refractivity contribution in [1.82, 2.24) is 0 Å². The van der Waals surface area contributed by atoms with Gasteiger partial charge in [0.25, 0.3) is 0 Å².